The molecule has 1 atom stereocenters. The Bertz CT molecular complexity index is 617. The van der Waals surface area contributed by atoms with E-state index in [0.29, 0.717) is 13.1 Å². The van der Waals surface area contributed by atoms with Gasteiger partial charge in [0.1, 0.15) is 11.1 Å². The van der Waals surface area contributed by atoms with Gasteiger partial charge in [0.25, 0.3) is 5.91 Å². The minimum Gasteiger partial charge on any atom is -0.384 e. The summed E-state index contributed by atoms with van der Waals surface area (Å²) in [5.41, 5.74) is 0. The molecule has 2 aromatic heterocycles. The predicted molar refractivity (Wildman–Crippen MR) is 89.0 cm³/mol. The molecular weight excluding hydrogens is 318 g/mol. The van der Waals surface area contributed by atoms with E-state index in [1.807, 2.05) is 12.3 Å². The quantitative estimate of drug-likeness (QED) is 0.926. The van der Waals surface area contributed by atoms with Crippen molar-refractivity contribution in [3.05, 3.63) is 28.6 Å². The van der Waals surface area contributed by atoms with E-state index in [4.69, 9.17) is 0 Å². The Morgan fingerprint density at radius 1 is 1.41 bits per heavy atom. The number of amides is 1. The molecule has 1 fully saturated rings. The summed E-state index contributed by atoms with van der Waals surface area (Å²) >= 11 is 3.44. The van der Waals surface area contributed by atoms with E-state index in [9.17, 15) is 9.90 Å². The number of thiazole rings is 1. The van der Waals surface area contributed by atoms with Crippen LogP contribution in [-0.4, -0.2) is 58.1 Å². The highest BCUT2D eigenvalue weighted by Crippen LogP contribution is 2.29. The minimum absolute atomic E-state index is 0.169. The number of aromatic nitrogens is 1. The Labute approximate surface area is 137 Å². The van der Waals surface area contributed by atoms with Crippen molar-refractivity contribution < 1.29 is 9.90 Å². The van der Waals surface area contributed by atoms with Crippen LogP contribution in [0.5, 0.6) is 0 Å². The zero-order chi connectivity index (χ0) is 15.5. The third-order valence-electron chi connectivity index (χ3n) is 3.71. The fourth-order valence-electron chi connectivity index (χ4n) is 2.51. The molecule has 0 bridgehead atoms. The van der Waals surface area contributed by atoms with Crippen LogP contribution in [0.4, 0.5) is 0 Å². The highest BCUT2D eigenvalue weighted by Gasteiger charge is 2.24. The van der Waals surface area contributed by atoms with Crippen LogP contribution in [0.1, 0.15) is 11.8 Å². The van der Waals surface area contributed by atoms with Gasteiger partial charge in [-0.2, -0.15) is 0 Å². The number of piperazine rings is 1. The van der Waals surface area contributed by atoms with Crippen molar-refractivity contribution >= 4 is 28.6 Å². The van der Waals surface area contributed by atoms with Crippen molar-refractivity contribution in [2.45, 2.75) is 19.6 Å². The third kappa shape index (κ3) is 3.55. The number of carbonyl (C=O) groups excluding carboxylic acids is 1. The lowest BCUT2D eigenvalue weighted by atomic mass is 10.2. The predicted octanol–water partition coefficient (Wildman–Crippen LogP) is 1.90. The lowest BCUT2D eigenvalue weighted by Gasteiger charge is -2.35. The molecule has 0 spiro atoms. The summed E-state index contributed by atoms with van der Waals surface area (Å²) in [6.07, 6.45) is 1.05. The number of aliphatic hydroxyl groups excluding tert-OH is 1. The summed E-state index contributed by atoms with van der Waals surface area (Å²) in [5.74, 6) is -0.169. The second-order valence-corrected chi connectivity index (χ2v) is 7.45. The van der Waals surface area contributed by atoms with Crippen LogP contribution in [0, 0.1) is 0 Å². The summed E-state index contributed by atoms with van der Waals surface area (Å²) in [4.78, 5) is 22.8. The molecule has 5 nitrogen and oxygen atoms in total. The van der Waals surface area contributed by atoms with Gasteiger partial charge in [-0.3, -0.25) is 9.69 Å². The molecule has 0 saturated carbocycles. The number of rotatable bonds is 4. The molecular formula is C15H19N3O2S2. The fourth-order valence-corrected chi connectivity index (χ4v) is 4.26. The largest absolute Gasteiger partial charge is 0.384 e. The van der Waals surface area contributed by atoms with Crippen LogP contribution in [0.3, 0.4) is 0 Å². The van der Waals surface area contributed by atoms with Crippen molar-refractivity contribution in [3.8, 4) is 9.88 Å². The summed E-state index contributed by atoms with van der Waals surface area (Å²) < 4.78 is 0. The molecule has 1 amide bonds. The average molecular weight is 337 g/mol. The lowest BCUT2D eigenvalue weighted by molar-refractivity contribution is -0.141. The number of thiophene rings is 1. The molecule has 3 rings (SSSR count). The van der Waals surface area contributed by atoms with Crippen molar-refractivity contribution in [1.82, 2.24) is 14.8 Å². The standard InChI is InChI=1S/C15H19N3O2S2/c1-11(19)15(20)18-6-4-17(5-7-18)10-12-9-16-14(22-12)13-3-2-8-21-13/h2-3,8-9,11,19H,4-7,10H2,1H3. The first-order chi connectivity index (χ1) is 10.6. The molecule has 22 heavy (non-hydrogen) atoms. The van der Waals surface area contributed by atoms with Crippen LogP contribution >= 0.6 is 22.7 Å². The molecule has 0 aromatic carbocycles. The fraction of sp³-hybridized carbons (Fsp3) is 0.467. The number of nitrogens with zero attached hydrogens (tertiary/aromatic N) is 3. The average Bonchev–Trinajstić information content (AvgIpc) is 3.18. The van der Waals surface area contributed by atoms with Gasteiger partial charge in [0.15, 0.2) is 0 Å². The maximum Gasteiger partial charge on any atom is 0.251 e. The molecule has 118 valence electrons. The molecule has 1 N–H and O–H groups in total. The van der Waals surface area contributed by atoms with Gasteiger partial charge in [-0.25, -0.2) is 4.98 Å². The number of hydrogen-bond acceptors (Lipinski definition) is 6. The third-order valence-corrected chi connectivity index (χ3v) is 5.73. The van der Waals surface area contributed by atoms with E-state index in [2.05, 4.69) is 21.3 Å². The van der Waals surface area contributed by atoms with Crippen LogP contribution in [0.2, 0.25) is 0 Å². The molecule has 2 aromatic rings. The van der Waals surface area contributed by atoms with E-state index in [1.54, 1.807) is 27.6 Å². The highest BCUT2D eigenvalue weighted by atomic mass is 32.1. The van der Waals surface area contributed by atoms with Crippen molar-refractivity contribution in [2.24, 2.45) is 0 Å². The van der Waals surface area contributed by atoms with Gasteiger partial charge in [0.05, 0.1) is 4.88 Å². The normalized spacial score (nSPS) is 17.6. The van der Waals surface area contributed by atoms with Crippen LogP contribution in [0.15, 0.2) is 23.7 Å². The smallest absolute Gasteiger partial charge is 0.251 e. The Morgan fingerprint density at radius 2 is 2.18 bits per heavy atom. The lowest BCUT2D eigenvalue weighted by Crippen LogP contribution is -2.50. The van der Waals surface area contributed by atoms with Gasteiger partial charge in [-0.15, -0.1) is 22.7 Å². The maximum atomic E-state index is 11.7. The van der Waals surface area contributed by atoms with E-state index < -0.39 is 6.10 Å². The topological polar surface area (TPSA) is 56.7 Å². The first kappa shape index (κ1) is 15.6. The van der Waals surface area contributed by atoms with E-state index in [0.717, 1.165) is 24.6 Å². The van der Waals surface area contributed by atoms with Crippen molar-refractivity contribution in [2.75, 3.05) is 26.2 Å². The number of hydrogen-bond donors (Lipinski definition) is 1. The molecule has 1 unspecified atom stereocenters. The molecule has 1 saturated heterocycles. The summed E-state index contributed by atoms with van der Waals surface area (Å²) in [5, 5.41) is 12.5. The van der Waals surface area contributed by atoms with Gasteiger partial charge < -0.3 is 10.0 Å². The molecule has 1 aliphatic heterocycles. The Hall–Kier alpha value is -1.28. The molecule has 7 heteroatoms. The SMILES string of the molecule is CC(O)C(=O)N1CCN(Cc2cnc(-c3cccs3)s2)CC1. The van der Waals surface area contributed by atoms with Gasteiger partial charge in [0.2, 0.25) is 0 Å². The molecule has 1 aliphatic rings. The summed E-state index contributed by atoms with van der Waals surface area (Å²) in [7, 11) is 0. The maximum absolute atomic E-state index is 11.7. The first-order valence-electron chi connectivity index (χ1n) is 7.31. The summed E-state index contributed by atoms with van der Waals surface area (Å²) in [6.45, 7) is 5.44. The van der Waals surface area contributed by atoms with E-state index in [-0.39, 0.29) is 5.91 Å². The Kier molecular flexibility index (Phi) is 4.87. The second-order valence-electron chi connectivity index (χ2n) is 5.39. The first-order valence-corrected chi connectivity index (χ1v) is 9.01. The minimum atomic E-state index is -0.901. The van der Waals surface area contributed by atoms with Gasteiger partial charge in [-0.05, 0) is 18.4 Å². The zero-order valence-corrected chi connectivity index (χ0v) is 14.1. The van der Waals surface area contributed by atoms with Gasteiger partial charge in [0, 0.05) is 43.8 Å². The Balaban J connectivity index is 1.54. The monoisotopic (exact) mass is 337 g/mol. The highest BCUT2D eigenvalue weighted by molar-refractivity contribution is 7.20. The Morgan fingerprint density at radius 3 is 2.82 bits per heavy atom. The van der Waals surface area contributed by atoms with E-state index >= 15 is 0 Å². The van der Waals surface area contributed by atoms with E-state index in [1.165, 1.54) is 16.7 Å². The molecule has 3 heterocycles. The van der Waals surface area contributed by atoms with Crippen LogP contribution in [-0.2, 0) is 11.3 Å². The van der Waals surface area contributed by atoms with Crippen molar-refractivity contribution in [3.63, 3.8) is 0 Å². The molecule has 0 radical (unpaired) electrons. The van der Waals surface area contributed by atoms with Crippen molar-refractivity contribution in [1.29, 1.82) is 0 Å². The van der Waals surface area contributed by atoms with Crippen LogP contribution < -0.4 is 0 Å². The zero-order valence-electron chi connectivity index (χ0n) is 12.4. The van der Waals surface area contributed by atoms with Gasteiger partial charge >= 0.3 is 0 Å². The molecule has 0 aliphatic carbocycles. The summed E-state index contributed by atoms with van der Waals surface area (Å²) in [6, 6.07) is 4.13. The number of carbonyl (C=O) groups is 1. The number of aliphatic hydroxyl groups is 1. The van der Waals surface area contributed by atoms with Gasteiger partial charge in [-0.1, -0.05) is 6.07 Å². The van der Waals surface area contributed by atoms with Crippen LogP contribution in [0.25, 0.3) is 9.88 Å². The second kappa shape index (κ2) is 6.87.